The summed E-state index contributed by atoms with van der Waals surface area (Å²) in [5.74, 6) is 0.210. The van der Waals surface area contributed by atoms with Gasteiger partial charge in [0.1, 0.15) is 5.76 Å². The van der Waals surface area contributed by atoms with Crippen LogP contribution in [0.4, 0.5) is 11.4 Å². The van der Waals surface area contributed by atoms with Crippen LogP contribution in [0.1, 0.15) is 12.7 Å². The molecule has 162 valence electrons. The van der Waals surface area contributed by atoms with Gasteiger partial charge in [0.25, 0.3) is 11.2 Å². The van der Waals surface area contributed by atoms with E-state index in [0.29, 0.717) is 27.5 Å². The van der Waals surface area contributed by atoms with Crippen LogP contribution in [-0.2, 0) is 11.3 Å². The van der Waals surface area contributed by atoms with Crippen LogP contribution in [0, 0.1) is 10.1 Å². The van der Waals surface area contributed by atoms with Crippen molar-refractivity contribution in [2.24, 2.45) is 0 Å². The summed E-state index contributed by atoms with van der Waals surface area (Å²) in [4.78, 5) is 40.9. The summed E-state index contributed by atoms with van der Waals surface area (Å²) in [5, 5.41) is 13.8. The molecule has 1 amide bonds. The fourth-order valence-corrected chi connectivity index (χ4v) is 4.00. The molecular formula is C22H18N4O5S. The monoisotopic (exact) mass is 450 g/mol. The second-order valence-electron chi connectivity index (χ2n) is 6.94. The second kappa shape index (κ2) is 9.06. The number of carbonyl (C=O) groups excluding carboxylic acids is 1. The van der Waals surface area contributed by atoms with Gasteiger partial charge in [0.05, 0.1) is 33.9 Å². The van der Waals surface area contributed by atoms with Gasteiger partial charge in [0.2, 0.25) is 5.91 Å². The quantitative estimate of drug-likeness (QED) is 0.195. The maximum Gasteiger partial charge on any atom is 0.271 e. The zero-order chi connectivity index (χ0) is 22.7. The van der Waals surface area contributed by atoms with Gasteiger partial charge in [-0.25, -0.2) is 4.98 Å². The molecule has 10 heteroatoms. The molecule has 2 heterocycles. The van der Waals surface area contributed by atoms with Crippen molar-refractivity contribution in [2.75, 3.05) is 5.32 Å². The topological polar surface area (TPSA) is 120 Å². The van der Waals surface area contributed by atoms with E-state index in [1.54, 1.807) is 49.4 Å². The number of nitrogens with one attached hydrogen (secondary N) is 1. The molecule has 0 saturated heterocycles. The Balaban J connectivity index is 1.62. The lowest BCUT2D eigenvalue weighted by molar-refractivity contribution is -0.384. The Bertz CT molecular complexity index is 1350. The number of aromatic nitrogens is 2. The first-order valence-corrected chi connectivity index (χ1v) is 10.5. The number of fused-ring (bicyclic) bond motifs is 1. The summed E-state index contributed by atoms with van der Waals surface area (Å²) >= 11 is 1.12. The van der Waals surface area contributed by atoms with Crippen LogP contribution in [0.2, 0.25) is 0 Å². The summed E-state index contributed by atoms with van der Waals surface area (Å²) in [6.45, 7) is 1.85. The number of non-ortho nitro benzene ring substituents is 1. The molecule has 1 N–H and O–H groups in total. The summed E-state index contributed by atoms with van der Waals surface area (Å²) in [6.07, 6.45) is 1.52. The van der Waals surface area contributed by atoms with Gasteiger partial charge in [-0.3, -0.25) is 24.3 Å². The van der Waals surface area contributed by atoms with Gasteiger partial charge in [0, 0.05) is 17.8 Å². The van der Waals surface area contributed by atoms with E-state index in [9.17, 15) is 19.7 Å². The molecule has 0 bridgehead atoms. The first kappa shape index (κ1) is 21.3. The lowest BCUT2D eigenvalue weighted by atomic mass is 10.2. The highest BCUT2D eigenvalue weighted by Gasteiger charge is 2.21. The molecule has 0 radical (unpaired) electrons. The van der Waals surface area contributed by atoms with Crippen LogP contribution in [0.3, 0.4) is 0 Å². The Labute approximate surface area is 186 Å². The fourth-order valence-electron chi connectivity index (χ4n) is 3.09. The number of carbonyl (C=O) groups is 1. The lowest BCUT2D eigenvalue weighted by Gasteiger charge is -2.16. The SMILES string of the molecule is CC(Sc1nc2ccccc2c(=O)n1Cc1ccco1)C(=O)Nc1cccc([N+](=O)[O-])c1. The van der Waals surface area contributed by atoms with Crippen LogP contribution >= 0.6 is 11.8 Å². The lowest BCUT2D eigenvalue weighted by Crippen LogP contribution is -2.27. The van der Waals surface area contributed by atoms with Crippen molar-refractivity contribution in [2.45, 2.75) is 23.9 Å². The van der Waals surface area contributed by atoms with Crippen molar-refractivity contribution in [3.05, 3.63) is 93.2 Å². The first-order chi connectivity index (χ1) is 15.4. The summed E-state index contributed by atoms with van der Waals surface area (Å²) in [7, 11) is 0. The van der Waals surface area contributed by atoms with E-state index < -0.39 is 10.2 Å². The van der Waals surface area contributed by atoms with E-state index in [1.807, 2.05) is 0 Å². The number of amides is 1. The van der Waals surface area contributed by atoms with Crippen molar-refractivity contribution in [1.82, 2.24) is 9.55 Å². The molecule has 0 aliphatic carbocycles. The molecule has 4 rings (SSSR count). The van der Waals surface area contributed by atoms with Gasteiger partial charge < -0.3 is 9.73 Å². The van der Waals surface area contributed by atoms with Gasteiger partial charge in [-0.1, -0.05) is 30.0 Å². The summed E-state index contributed by atoms with van der Waals surface area (Å²) in [5.41, 5.74) is 0.491. The maximum atomic E-state index is 13.1. The normalized spacial score (nSPS) is 11.9. The highest BCUT2D eigenvalue weighted by molar-refractivity contribution is 8.00. The zero-order valence-corrected chi connectivity index (χ0v) is 17.7. The number of furan rings is 1. The minimum atomic E-state index is -0.634. The maximum absolute atomic E-state index is 13.1. The number of benzene rings is 2. The molecule has 9 nitrogen and oxygen atoms in total. The third-order valence-electron chi connectivity index (χ3n) is 4.70. The van der Waals surface area contributed by atoms with Crippen LogP contribution in [-0.4, -0.2) is 25.6 Å². The molecule has 2 aromatic carbocycles. The average molecular weight is 450 g/mol. The van der Waals surface area contributed by atoms with Crippen LogP contribution in [0.5, 0.6) is 0 Å². The van der Waals surface area contributed by atoms with Crippen LogP contribution in [0.25, 0.3) is 10.9 Å². The smallest absolute Gasteiger partial charge is 0.271 e. The summed E-state index contributed by atoms with van der Waals surface area (Å²) < 4.78 is 6.87. The van der Waals surface area contributed by atoms with E-state index in [1.165, 1.54) is 29.0 Å². The number of para-hydroxylation sites is 1. The number of rotatable bonds is 7. The molecule has 32 heavy (non-hydrogen) atoms. The molecule has 0 spiro atoms. The Morgan fingerprint density at radius 2 is 2.03 bits per heavy atom. The van der Waals surface area contributed by atoms with E-state index in [0.717, 1.165) is 11.8 Å². The molecule has 1 unspecified atom stereocenters. The van der Waals surface area contributed by atoms with Crippen molar-refractivity contribution in [1.29, 1.82) is 0 Å². The van der Waals surface area contributed by atoms with Crippen LogP contribution < -0.4 is 10.9 Å². The highest BCUT2D eigenvalue weighted by Crippen LogP contribution is 2.25. The number of hydrogen-bond acceptors (Lipinski definition) is 7. The first-order valence-electron chi connectivity index (χ1n) is 9.66. The largest absolute Gasteiger partial charge is 0.467 e. The summed E-state index contributed by atoms with van der Waals surface area (Å²) in [6, 6.07) is 16.2. The Morgan fingerprint density at radius 1 is 1.22 bits per heavy atom. The van der Waals surface area contributed by atoms with Crippen molar-refractivity contribution in [3.63, 3.8) is 0 Å². The Kier molecular flexibility index (Phi) is 6.04. The third kappa shape index (κ3) is 4.54. The molecular weight excluding hydrogens is 432 g/mol. The molecule has 1 atom stereocenters. The molecule has 0 saturated carbocycles. The molecule has 2 aromatic heterocycles. The molecule has 0 aliphatic heterocycles. The highest BCUT2D eigenvalue weighted by atomic mass is 32.2. The van der Waals surface area contributed by atoms with Crippen LogP contribution in [0.15, 0.2) is 81.3 Å². The standard InChI is InChI=1S/C22H18N4O5S/c1-14(20(27)23-15-6-4-7-16(12-15)26(29)30)32-22-24-19-10-3-2-9-18(19)21(28)25(22)13-17-8-5-11-31-17/h2-12,14H,13H2,1H3,(H,23,27). The second-order valence-corrected chi connectivity index (χ2v) is 8.25. The van der Waals surface area contributed by atoms with Gasteiger partial charge >= 0.3 is 0 Å². The van der Waals surface area contributed by atoms with Gasteiger partial charge in [0.15, 0.2) is 5.16 Å². The number of hydrogen-bond donors (Lipinski definition) is 1. The third-order valence-corrected chi connectivity index (χ3v) is 5.79. The number of thioether (sulfide) groups is 1. The van der Waals surface area contributed by atoms with Crippen molar-refractivity contribution in [3.8, 4) is 0 Å². The predicted octanol–water partition coefficient (Wildman–Crippen LogP) is 4.07. The molecule has 4 aromatic rings. The van der Waals surface area contributed by atoms with Gasteiger partial charge in [-0.15, -0.1) is 0 Å². The minimum Gasteiger partial charge on any atom is -0.467 e. The number of nitrogens with zero attached hydrogens (tertiary/aromatic N) is 3. The zero-order valence-electron chi connectivity index (χ0n) is 16.9. The van der Waals surface area contributed by atoms with E-state index in [4.69, 9.17) is 4.42 Å². The van der Waals surface area contributed by atoms with Crippen molar-refractivity contribution >= 4 is 39.9 Å². The number of nitro groups is 1. The van der Waals surface area contributed by atoms with Gasteiger partial charge in [-0.2, -0.15) is 0 Å². The van der Waals surface area contributed by atoms with Crippen molar-refractivity contribution < 1.29 is 14.1 Å². The number of anilines is 1. The van der Waals surface area contributed by atoms with E-state index in [2.05, 4.69) is 10.3 Å². The fraction of sp³-hybridized carbons (Fsp3) is 0.136. The molecule has 0 aliphatic rings. The van der Waals surface area contributed by atoms with Gasteiger partial charge in [-0.05, 0) is 37.3 Å². The van der Waals surface area contributed by atoms with E-state index >= 15 is 0 Å². The predicted molar refractivity (Wildman–Crippen MR) is 121 cm³/mol. The number of nitro benzene ring substituents is 1. The van der Waals surface area contributed by atoms with E-state index in [-0.39, 0.29) is 23.7 Å². The Hall–Kier alpha value is -3.92. The minimum absolute atomic E-state index is 0.119. The average Bonchev–Trinajstić information content (AvgIpc) is 3.30. The Morgan fingerprint density at radius 3 is 2.78 bits per heavy atom. The molecule has 0 fully saturated rings.